The number of carbonyl (C=O) groups excluding carboxylic acids is 2. The van der Waals surface area contributed by atoms with Gasteiger partial charge in [-0.15, -0.1) is 0 Å². The van der Waals surface area contributed by atoms with Crippen LogP contribution in [-0.4, -0.2) is 32.5 Å². The second kappa shape index (κ2) is 9.07. The molecule has 0 saturated carbocycles. The van der Waals surface area contributed by atoms with E-state index in [1.54, 1.807) is 0 Å². The fraction of sp³-hybridized carbons (Fsp3) is 0.176. The number of sulfone groups is 1. The van der Waals surface area contributed by atoms with Crippen molar-refractivity contribution >= 4 is 38.9 Å². The first-order valence-corrected chi connectivity index (χ1v) is 9.81. The molecule has 0 atom stereocenters. The van der Waals surface area contributed by atoms with Crippen molar-refractivity contribution in [1.82, 2.24) is 5.32 Å². The first-order chi connectivity index (χ1) is 13.1. The van der Waals surface area contributed by atoms with Crippen LogP contribution < -0.4 is 10.6 Å². The lowest BCUT2D eigenvalue weighted by Gasteiger charge is -2.09. The molecule has 28 heavy (non-hydrogen) atoms. The van der Waals surface area contributed by atoms with Crippen LogP contribution in [0.1, 0.15) is 6.42 Å². The molecule has 0 spiro atoms. The average Bonchev–Trinajstić information content (AvgIpc) is 2.65. The molecule has 0 bridgehead atoms. The Morgan fingerprint density at radius 3 is 2.21 bits per heavy atom. The molecule has 0 heterocycles. The maximum Gasteiger partial charge on any atom is 0.243 e. The Morgan fingerprint density at radius 1 is 0.929 bits per heavy atom. The van der Waals surface area contributed by atoms with Gasteiger partial charge in [-0.3, -0.25) is 9.59 Å². The van der Waals surface area contributed by atoms with Gasteiger partial charge in [0.2, 0.25) is 11.8 Å². The fourth-order valence-electron chi connectivity index (χ4n) is 2.07. The Bertz CT molecular complexity index is 998. The van der Waals surface area contributed by atoms with E-state index in [1.165, 1.54) is 24.3 Å². The van der Waals surface area contributed by atoms with Gasteiger partial charge in [-0.2, -0.15) is 0 Å². The first-order valence-electron chi connectivity index (χ1n) is 7.78. The van der Waals surface area contributed by atoms with Gasteiger partial charge in [0.05, 0.1) is 22.9 Å². The van der Waals surface area contributed by atoms with E-state index in [4.69, 9.17) is 11.6 Å². The normalized spacial score (nSPS) is 11.1. The van der Waals surface area contributed by atoms with Gasteiger partial charge in [-0.05, 0) is 36.4 Å². The topological polar surface area (TPSA) is 92.3 Å². The van der Waals surface area contributed by atoms with Gasteiger partial charge in [-0.25, -0.2) is 21.6 Å². The second-order valence-corrected chi connectivity index (χ2v) is 8.12. The maximum absolute atomic E-state index is 13.5. The van der Waals surface area contributed by atoms with Crippen molar-refractivity contribution in [2.45, 2.75) is 11.3 Å². The highest BCUT2D eigenvalue weighted by atomic mass is 35.5. The van der Waals surface area contributed by atoms with E-state index in [2.05, 4.69) is 5.32 Å². The molecule has 6 nitrogen and oxygen atoms in total. The maximum atomic E-state index is 13.5. The number of hydrogen-bond acceptors (Lipinski definition) is 4. The summed E-state index contributed by atoms with van der Waals surface area (Å²) in [4.78, 5) is 23.4. The number of carbonyl (C=O) groups is 2. The second-order valence-electron chi connectivity index (χ2n) is 5.57. The molecule has 0 aromatic heterocycles. The number of benzene rings is 2. The first kappa shape index (κ1) is 21.7. The third-order valence-electron chi connectivity index (χ3n) is 3.53. The van der Waals surface area contributed by atoms with Gasteiger partial charge in [0.15, 0.2) is 27.3 Å². The van der Waals surface area contributed by atoms with Crippen LogP contribution in [0.15, 0.2) is 41.3 Å². The van der Waals surface area contributed by atoms with E-state index >= 15 is 0 Å². The molecular formula is C17H14ClF3N2O4S. The molecule has 0 saturated heterocycles. The molecule has 0 aliphatic rings. The number of rotatable bonds is 7. The Hall–Kier alpha value is -2.59. The summed E-state index contributed by atoms with van der Waals surface area (Å²) in [5, 5.41) is 4.49. The number of nitrogens with one attached hydrogen (secondary N) is 2. The highest BCUT2D eigenvalue weighted by Gasteiger charge is 2.18. The van der Waals surface area contributed by atoms with Gasteiger partial charge in [0.1, 0.15) is 0 Å². The number of hydrogen-bond donors (Lipinski definition) is 2. The summed E-state index contributed by atoms with van der Waals surface area (Å²) in [6.45, 7) is -0.613. The highest BCUT2D eigenvalue weighted by molar-refractivity contribution is 7.91. The van der Waals surface area contributed by atoms with E-state index in [9.17, 15) is 31.2 Å². The van der Waals surface area contributed by atoms with E-state index in [0.29, 0.717) is 11.1 Å². The molecule has 2 aromatic rings. The Balaban J connectivity index is 1.84. The average molecular weight is 435 g/mol. The quantitative estimate of drug-likeness (QED) is 0.655. The predicted molar refractivity (Wildman–Crippen MR) is 96.1 cm³/mol. The van der Waals surface area contributed by atoms with Crippen LogP contribution >= 0.6 is 11.6 Å². The molecule has 0 radical (unpaired) electrons. The lowest BCUT2D eigenvalue weighted by Crippen LogP contribution is -2.34. The molecule has 0 unspecified atom stereocenters. The van der Waals surface area contributed by atoms with Crippen LogP contribution in [-0.2, 0) is 19.4 Å². The third-order valence-corrected chi connectivity index (χ3v) is 5.51. The van der Waals surface area contributed by atoms with Crippen molar-refractivity contribution in [3.8, 4) is 0 Å². The molecular weight excluding hydrogens is 421 g/mol. The van der Waals surface area contributed by atoms with E-state index < -0.39 is 63.5 Å². The standard InChI is InChI=1S/C17H14ClF3N2O4S/c18-10-1-3-11(4-2-10)28(26,27)8-7-14(24)22-9-15(25)23-13-6-5-12(19)16(20)17(13)21/h1-6H,7-9H2,(H,22,24)(H,23,25). The summed E-state index contributed by atoms with van der Waals surface area (Å²) < 4.78 is 63.6. The van der Waals surface area contributed by atoms with Gasteiger partial charge >= 0.3 is 0 Å². The lowest BCUT2D eigenvalue weighted by atomic mass is 10.2. The molecule has 2 amide bonds. The van der Waals surface area contributed by atoms with E-state index in [0.717, 1.165) is 6.07 Å². The van der Waals surface area contributed by atoms with Crippen molar-refractivity contribution in [2.24, 2.45) is 0 Å². The number of amides is 2. The minimum absolute atomic E-state index is 0.00347. The summed E-state index contributed by atoms with van der Waals surface area (Å²) >= 11 is 5.68. The van der Waals surface area contributed by atoms with Crippen molar-refractivity contribution in [1.29, 1.82) is 0 Å². The molecule has 2 rings (SSSR count). The van der Waals surface area contributed by atoms with Crippen LogP contribution in [0.2, 0.25) is 5.02 Å². The number of anilines is 1. The summed E-state index contributed by atoms with van der Waals surface area (Å²) in [6.07, 6.45) is -0.419. The summed E-state index contributed by atoms with van der Waals surface area (Å²) in [7, 11) is -3.72. The molecule has 150 valence electrons. The largest absolute Gasteiger partial charge is 0.347 e. The Labute approximate surface area is 163 Å². The molecule has 0 aliphatic heterocycles. The lowest BCUT2D eigenvalue weighted by molar-refractivity contribution is -0.123. The van der Waals surface area contributed by atoms with Crippen LogP contribution in [0.5, 0.6) is 0 Å². The van der Waals surface area contributed by atoms with Crippen molar-refractivity contribution in [2.75, 3.05) is 17.6 Å². The van der Waals surface area contributed by atoms with Gasteiger partial charge in [-0.1, -0.05) is 11.6 Å². The van der Waals surface area contributed by atoms with Crippen LogP contribution in [0.25, 0.3) is 0 Å². The monoisotopic (exact) mass is 434 g/mol. The van der Waals surface area contributed by atoms with E-state index in [1.807, 2.05) is 5.32 Å². The van der Waals surface area contributed by atoms with Crippen molar-refractivity contribution in [3.63, 3.8) is 0 Å². The van der Waals surface area contributed by atoms with Crippen molar-refractivity contribution < 1.29 is 31.2 Å². The van der Waals surface area contributed by atoms with E-state index in [-0.39, 0.29) is 4.90 Å². The third kappa shape index (κ3) is 5.70. The Kier molecular flexibility index (Phi) is 7.03. The smallest absolute Gasteiger partial charge is 0.243 e. The summed E-state index contributed by atoms with van der Waals surface area (Å²) in [6, 6.07) is 6.87. The van der Waals surface area contributed by atoms with Crippen molar-refractivity contribution in [3.05, 3.63) is 58.9 Å². The minimum atomic E-state index is -3.72. The summed E-state index contributed by atoms with van der Waals surface area (Å²) in [5.41, 5.74) is -0.594. The Morgan fingerprint density at radius 2 is 1.57 bits per heavy atom. The SMILES string of the molecule is O=C(CCS(=O)(=O)c1ccc(Cl)cc1)NCC(=O)Nc1ccc(F)c(F)c1F. The zero-order valence-electron chi connectivity index (χ0n) is 14.1. The fourth-order valence-corrected chi connectivity index (χ4v) is 3.44. The van der Waals surface area contributed by atoms with Crippen LogP contribution in [0.4, 0.5) is 18.9 Å². The van der Waals surface area contributed by atoms with Crippen LogP contribution in [0, 0.1) is 17.5 Å². The van der Waals surface area contributed by atoms with Gasteiger partial charge < -0.3 is 10.6 Å². The predicted octanol–water partition coefficient (Wildman–Crippen LogP) is 2.68. The minimum Gasteiger partial charge on any atom is -0.347 e. The molecule has 2 N–H and O–H groups in total. The van der Waals surface area contributed by atoms with Crippen LogP contribution in [0.3, 0.4) is 0 Å². The summed E-state index contributed by atoms with van der Waals surface area (Å²) in [5.74, 6) is -6.87. The molecule has 2 aromatic carbocycles. The molecule has 0 fully saturated rings. The molecule has 11 heteroatoms. The molecule has 0 aliphatic carbocycles. The van der Waals surface area contributed by atoms with Gasteiger partial charge in [0.25, 0.3) is 0 Å². The number of halogens is 4. The zero-order valence-corrected chi connectivity index (χ0v) is 15.7. The van der Waals surface area contributed by atoms with Gasteiger partial charge in [0, 0.05) is 11.4 Å². The highest BCUT2D eigenvalue weighted by Crippen LogP contribution is 2.19. The zero-order chi connectivity index (χ0) is 20.9.